The molecule has 0 unspecified atom stereocenters. The molecule has 3 aromatic rings. The molecule has 0 atom stereocenters. The van der Waals surface area contributed by atoms with E-state index in [2.05, 4.69) is 51.5 Å². The van der Waals surface area contributed by atoms with Gasteiger partial charge in [0, 0.05) is 63.9 Å². The van der Waals surface area contributed by atoms with E-state index < -0.39 is 0 Å². The zero-order chi connectivity index (χ0) is 24.9. The number of phenolic OH excluding ortho intramolecular Hbond substituents is 2. The maximum Gasteiger partial charge on any atom is 0.124 e. The summed E-state index contributed by atoms with van der Waals surface area (Å²) in [7, 11) is 0. The van der Waals surface area contributed by atoms with E-state index in [0.717, 1.165) is 9.79 Å². The number of phenols is 2. The first-order valence-electron chi connectivity index (χ1n) is 11.1. The molecule has 0 fully saturated rings. The van der Waals surface area contributed by atoms with Gasteiger partial charge >= 0.3 is 0 Å². The summed E-state index contributed by atoms with van der Waals surface area (Å²) in [5.74, 6) is 0.363. The molecule has 0 aliphatic rings. The number of hydrogen-bond donors (Lipinski definition) is 2. The fourth-order valence-electron chi connectivity index (χ4n) is 3.07. The van der Waals surface area contributed by atoms with Gasteiger partial charge < -0.3 is 10.2 Å². The zero-order valence-electron chi connectivity index (χ0n) is 20.8. The fourth-order valence-corrected chi connectivity index (χ4v) is 5.12. The van der Waals surface area contributed by atoms with E-state index in [-0.39, 0.29) is 42.1 Å². The smallest absolute Gasteiger partial charge is 0.124 e. The Balaban J connectivity index is 0.00000432. The largest absolute Gasteiger partial charge is 0.507 e. The average molecular weight is 688 g/mol. The summed E-state index contributed by atoms with van der Waals surface area (Å²) >= 11 is 3.48. The van der Waals surface area contributed by atoms with Crippen LogP contribution in [0.15, 0.2) is 80.4 Å². The molecule has 0 heterocycles. The molecule has 3 rings (SSSR count). The van der Waals surface area contributed by atoms with Crippen molar-refractivity contribution in [1.29, 1.82) is 0 Å². The maximum absolute atomic E-state index is 10.3. The molecule has 188 valence electrons. The predicted octanol–water partition coefficient (Wildman–Crippen LogP) is 8.38. The minimum absolute atomic E-state index is 0. The van der Waals surface area contributed by atoms with Crippen LogP contribution in [0.5, 0.6) is 11.5 Å². The molecule has 0 saturated heterocycles. The van der Waals surface area contributed by atoms with Gasteiger partial charge in [-0.1, -0.05) is 53.7 Å². The van der Waals surface area contributed by atoms with Crippen LogP contribution in [0.2, 0.25) is 0 Å². The molecular weight excluding hydrogens is 656 g/mol. The van der Waals surface area contributed by atoms with Crippen molar-refractivity contribution in [2.45, 2.75) is 60.8 Å². The number of rotatable bonds is 6. The van der Waals surface area contributed by atoms with Crippen molar-refractivity contribution in [2.24, 2.45) is 9.98 Å². The summed E-state index contributed by atoms with van der Waals surface area (Å²) in [5.41, 5.74) is 2.65. The number of aromatic hydroxyl groups is 2. The van der Waals surface area contributed by atoms with E-state index in [0.29, 0.717) is 22.5 Å². The van der Waals surface area contributed by atoms with Crippen LogP contribution in [0.4, 0.5) is 11.4 Å². The number of nitrogens with zero attached hydrogens (tertiary/aromatic N) is 2. The molecule has 0 spiro atoms. The Hall–Kier alpha value is -2.01. The maximum atomic E-state index is 10.3. The van der Waals surface area contributed by atoms with Gasteiger partial charge in [-0.2, -0.15) is 0 Å². The van der Waals surface area contributed by atoms with Crippen LogP contribution in [0.3, 0.4) is 0 Å². The van der Waals surface area contributed by atoms with E-state index in [9.17, 15) is 10.2 Å². The zero-order valence-corrected chi connectivity index (χ0v) is 24.8. The third kappa shape index (κ3) is 9.51. The van der Waals surface area contributed by atoms with Crippen molar-refractivity contribution < 1.29 is 31.3 Å². The Morgan fingerprint density at radius 2 is 1.00 bits per heavy atom. The number of thioether (sulfide) groups is 2. The Morgan fingerprint density at radius 3 is 1.34 bits per heavy atom. The standard InChI is InChI=1S/C28H32N2O2S2.Pt/c1-27(2,3)33-21-11-13-25(31)19(15-21)17-29-23-9-7-8-10-24(23)30-18-20-16-22(12-14-26(20)32)34-28(4,5)6;/h7-18,31-32H,1-6H3;. The van der Waals surface area contributed by atoms with Gasteiger partial charge in [-0.05, 0) is 48.5 Å². The van der Waals surface area contributed by atoms with Crippen molar-refractivity contribution in [3.63, 3.8) is 0 Å². The third-order valence-corrected chi connectivity index (χ3v) is 6.62. The van der Waals surface area contributed by atoms with Crippen LogP contribution in [0, 0.1) is 0 Å². The molecular formula is C28H32N2O2PtS2. The summed E-state index contributed by atoms with van der Waals surface area (Å²) in [4.78, 5) is 11.3. The van der Waals surface area contributed by atoms with Crippen molar-refractivity contribution in [2.75, 3.05) is 0 Å². The number of aliphatic imine (C=N–C) groups is 2. The number of benzene rings is 3. The second-order valence-electron chi connectivity index (χ2n) is 9.88. The van der Waals surface area contributed by atoms with Gasteiger partial charge in [0.2, 0.25) is 0 Å². The molecule has 4 nitrogen and oxygen atoms in total. The molecule has 0 amide bonds. The van der Waals surface area contributed by atoms with Gasteiger partial charge in [0.25, 0.3) is 0 Å². The second kappa shape index (κ2) is 12.3. The summed E-state index contributed by atoms with van der Waals surface area (Å²) in [6.07, 6.45) is 3.32. The molecule has 2 N–H and O–H groups in total. The van der Waals surface area contributed by atoms with Crippen molar-refractivity contribution in [3.8, 4) is 11.5 Å². The van der Waals surface area contributed by atoms with Gasteiger partial charge in [-0.15, -0.1) is 23.5 Å². The topological polar surface area (TPSA) is 65.2 Å². The first kappa shape index (κ1) is 29.2. The van der Waals surface area contributed by atoms with Crippen LogP contribution in [0.25, 0.3) is 0 Å². The Kier molecular flexibility index (Phi) is 10.3. The molecule has 0 aliphatic heterocycles. The summed E-state index contributed by atoms with van der Waals surface area (Å²) < 4.78 is 0.141. The van der Waals surface area contributed by atoms with Gasteiger partial charge in [0.05, 0.1) is 11.4 Å². The van der Waals surface area contributed by atoms with E-state index >= 15 is 0 Å². The first-order valence-corrected chi connectivity index (χ1v) is 12.7. The summed E-state index contributed by atoms with van der Waals surface area (Å²) in [6.45, 7) is 12.9. The summed E-state index contributed by atoms with van der Waals surface area (Å²) in [5, 5.41) is 20.6. The van der Waals surface area contributed by atoms with Crippen LogP contribution >= 0.6 is 23.5 Å². The molecule has 7 heteroatoms. The molecule has 0 radical (unpaired) electrons. The van der Waals surface area contributed by atoms with Gasteiger partial charge in [0.15, 0.2) is 0 Å². The van der Waals surface area contributed by atoms with Gasteiger partial charge in [-0.3, -0.25) is 9.98 Å². The molecule has 0 saturated carbocycles. The quantitative estimate of drug-likeness (QED) is 0.202. The minimum atomic E-state index is 0. The predicted molar refractivity (Wildman–Crippen MR) is 148 cm³/mol. The molecule has 0 aromatic heterocycles. The Labute approximate surface area is 231 Å². The molecule has 35 heavy (non-hydrogen) atoms. The van der Waals surface area contributed by atoms with Crippen molar-refractivity contribution in [3.05, 3.63) is 71.8 Å². The van der Waals surface area contributed by atoms with E-state index in [4.69, 9.17) is 0 Å². The first-order chi connectivity index (χ1) is 15.9. The van der Waals surface area contributed by atoms with Crippen LogP contribution in [-0.4, -0.2) is 32.1 Å². The minimum Gasteiger partial charge on any atom is -0.507 e. The fraction of sp³-hybridized carbons (Fsp3) is 0.286. The normalized spacial score (nSPS) is 12.3. The third-order valence-electron chi connectivity index (χ3n) is 4.41. The Bertz CT molecular complexity index is 1120. The Morgan fingerprint density at radius 1 is 0.629 bits per heavy atom. The van der Waals surface area contributed by atoms with Gasteiger partial charge in [-0.25, -0.2) is 0 Å². The van der Waals surface area contributed by atoms with E-state index in [1.165, 1.54) is 0 Å². The molecule has 3 aromatic carbocycles. The molecule has 0 bridgehead atoms. The van der Waals surface area contributed by atoms with Crippen LogP contribution < -0.4 is 0 Å². The summed E-state index contributed by atoms with van der Waals surface area (Å²) in [6, 6.07) is 18.7. The van der Waals surface area contributed by atoms with Gasteiger partial charge in [0.1, 0.15) is 11.5 Å². The average Bonchev–Trinajstić information content (AvgIpc) is 2.73. The van der Waals surface area contributed by atoms with Crippen LogP contribution in [0.1, 0.15) is 52.7 Å². The van der Waals surface area contributed by atoms with Crippen molar-refractivity contribution in [1.82, 2.24) is 0 Å². The second-order valence-corrected chi connectivity index (χ2v) is 13.7. The monoisotopic (exact) mass is 687 g/mol. The number of hydrogen-bond acceptors (Lipinski definition) is 6. The number of para-hydroxylation sites is 2. The van der Waals surface area contributed by atoms with Crippen molar-refractivity contribution >= 4 is 47.3 Å². The van der Waals surface area contributed by atoms with E-state index in [1.807, 2.05) is 48.5 Å². The van der Waals surface area contributed by atoms with E-state index in [1.54, 1.807) is 48.1 Å². The SMILES string of the molecule is CC(C)(C)Sc1ccc(O)c(C=Nc2ccccc2N=Cc2cc(SC(C)(C)C)ccc2O)c1.[Pt]. The molecule has 0 aliphatic carbocycles. The van der Waals surface area contributed by atoms with Crippen LogP contribution in [-0.2, 0) is 21.1 Å².